The van der Waals surface area contributed by atoms with Gasteiger partial charge in [-0.15, -0.1) is 0 Å². The topological polar surface area (TPSA) is 65.8 Å². The number of nitriles is 1. The molecular formula is C19H15N3OS. The van der Waals surface area contributed by atoms with Crippen molar-refractivity contribution in [1.29, 1.82) is 5.26 Å². The average Bonchev–Trinajstić information content (AvgIpc) is 3.09. The molecule has 0 spiro atoms. The monoisotopic (exact) mass is 333 g/mol. The lowest BCUT2D eigenvalue weighted by Crippen LogP contribution is -2.02. The minimum absolute atomic E-state index is 0.0104. The molecule has 1 heterocycles. The maximum Gasteiger partial charge on any atom is 0.204 e. The van der Waals surface area contributed by atoms with Crippen LogP contribution in [-0.4, -0.2) is 10.8 Å². The van der Waals surface area contributed by atoms with Gasteiger partial charge in [-0.25, -0.2) is 4.98 Å². The smallest absolute Gasteiger partial charge is 0.204 e. The predicted octanol–water partition coefficient (Wildman–Crippen LogP) is 4.55. The number of hydrogen-bond acceptors (Lipinski definition) is 5. The molecule has 0 amide bonds. The van der Waals surface area contributed by atoms with E-state index < -0.39 is 0 Å². The van der Waals surface area contributed by atoms with Crippen molar-refractivity contribution in [1.82, 2.24) is 4.98 Å². The summed E-state index contributed by atoms with van der Waals surface area (Å²) in [5.74, 6) is -0.0104. The molecule has 0 unspecified atom stereocenters. The highest BCUT2D eigenvalue weighted by molar-refractivity contribution is 7.17. The van der Waals surface area contributed by atoms with Gasteiger partial charge in [0, 0.05) is 11.3 Å². The number of rotatable bonds is 5. The fourth-order valence-electron chi connectivity index (χ4n) is 2.41. The van der Waals surface area contributed by atoms with E-state index in [2.05, 4.69) is 16.4 Å². The number of benzene rings is 2. The van der Waals surface area contributed by atoms with Crippen molar-refractivity contribution < 1.29 is 4.79 Å². The Kier molecular flexibility index (Phi) is 4.69. The molecule has 118 valence electrons. The second kappa shape index (κ2) is 7.07. The molecule has 0 atom stereocenters. The first-order chi connectivity index (χ1) is 11.7. The standard InChI is InChI=1S/C19H15N3OS/c1-2-14-7-3-4-9-16(14)18(23)17-12-21-19(24-17)22-15-8-5-6-13(10-15)11-20/h3-10,12H,2H2,1H3,(H,21,22). The van der Waals surface area contributed by atoms with Crippen LogP contribution in [0.1, 0.15) is 33.3 Å². The number of aryl methyl sites for hydroxylation is 1. The molecule has 1 aromatic heterocycles. The number of hydrogen-bond donors (Lipinski definition) is 1. The molecule has 4 nitrogen and oxygen atoms in total. The second-order valence-corrected chi connectivity index (χ2v) is 6.22. The van der Waals surface area contributed by atoms with Crippen LogP contribution in [0.15, 0.2) is 54.7 Å². The molecule has 1 N–H and O–H groups in total. The van der Waals surface area contributed by atoms with Gasteiger partial charge in [-0.3, -0.25) is 4.79 Å². The minimum Gasteiger partial charge on any atom is -0.331 e. The van der Waals surface area contributed by atoms with Crippen LogP contribution in [0.25, 0.3) is 0 Å². The fourth-order valence-corrected chi connectivity index (χ4v) is 3.20. The van der Waals surface area contributed by atoms with Crippen LogP contribution in [0, 0.1) is 11.3 Å². The molecule has 3 rings (SSSR count). The molecule has 5 heteroatoms. The van der Waals surface area contributed by atoms with Crippen molar-refractivity contribution in [2.24, 2.45) is 0 Å². The SMILES string of the molecule is CCc1ccccc1C(=O)c1cnc(Nc2cccc(C#N)c2)s1. The summed E-state index contributed by atoms with van der Waals surface area (Å²) in [5.41, 5.74) is 3.11. The van der Waals surface area contributed by atoms with Gasteiger partial charge in [0.05, 0.1) is 22.7 Å². The molecule has 0 fully saturated rings. The van der Waals surface area contributed by atoms with Crippen molar-refractivity contribution >= 4 is 27.9 Å². The van der Waals surface area contributed by atoms with Gasteiger partial charge in [-0.1, -0.05) is 48.6 Å². The first-order valence-corrected chi connectivity index (χ1v) is 8.38. The molecule has 0 aliphatic rings. The fraction of sp³-hybridized carbons (Fsp3) is 0.105. The predicted molar refractivity (Wildman–Crippen MR) is 95.8 cm³/mol. The molecule has 0 aliphatic carbocycles. The third-order valence-electron chi connectivity index (χ3n) is 3.62. The van der Waals surface area contributed by atoms with Gasteiger partial charge in [0.25, 0.3) is 0 Å². The van der Waals surface area contributed by atoms with E-state index in [-0.39, 0.29) is 5.78 Å². The van der Waals surface area contributed by atoms with E-state index in [9.17, 15) is 4.79 Å². The lowest BCUT2D eigenvalue weighted by Gasteiger charge is -2.04. The first-order valence-electron chi connectivity index (χ1n) is 7.57. The summed E-state index contributed by atoms with van der Waals surface area (Å²) >= 11 is 1.31. The summed E-state index contributed by atoms with van der Waals surface area (Å²) in [6.07, 6.45) is 2.41. The van der Waals surface area contributed by atoms with E-state index >= 15 is 0 Å². The van der Waals surface area contributed by atoms with Gasteiger partial charge < -0.3 is 5.32 Å². The van der Waals surface area contributed by atoms with Crippen LogP contribution in [0.5, 0.6) is 0 Å². The maximum atomic E-state index is 12.7. The van der Waals surface area contributed by atoms with E-state index in [0.29, 0.717) is 15.6 Å². The molecule has 0 saturated heterocycles. The first kappa shape index (κ1) is 15.9. The van der Waals surface area contributed by atoms with E-state index in [4.69, 9.17) is 5.26 Å². The number of ketones is 1. The number of thiazole rings is 1. The molecular weight excluding hydrogens is 318 g/mol. The Morgan fingerprint density at radius 1 is 1.25 bits per heavy atom. The largest absolute Gasteiger partial charge is 0.331 e. The van der Waals surface area contributed by atoms with Gasteiger partial charge in [0.2, 0.25) is 5.78 Å². The van der Waals surface area contributed by atoms with Crippen molar-refractivity contribution in [3.05, 3.63) is 76.3 Å². The number of carbonyl (C=O) groups is 1. The molecule has 24 heavy (non-hydrogen) atoms. The van der Waals surface area contributed by atoms with Gasteiger partial charge in [-0.2, -0.15) is 5.26 Å². The summed E-state index contributed by atoms with van der Waals surface area (Å²) in [4.78, 5) is 17.6. The van der Waals surface area contributed by atoms with Crippen LogP contribution < -0.4 is 5.32 Å². The van der Waals surface area contributed by atoms with Crippen molar-refractivity contribution in [3.63, 3.8) is 0 Å². The van der Waals surface area contributed by atoms with Gasteiger partial charge in [0.1, 0.15) is 0 Å². The van der Waals surface area contributed by atoms with E-state index in [1.54, 1.807) is 24.4 Å². The van der Waals surface area contributed by atoms with Gasteiger partial charge in [-0.05, 0) is 30.2 Å². The van der Waals surface area contributed by atoms with Crippen molar-refractivity contribution in [2.45, 2.75) is 13.3 Å². The lowest BCUT2D eigenvalue weighted by atomic mass is 10.0. The Bertz CT molecular complexity index is 924. The van der Waals surface area contributed by atoms with Gasteiger partial charge >= 0.3 is 0 Å². The molecule has 0 bridgehead atoms. The number of nitrogens with one attached hydrogen (secondary N) is 1. The zero-order valence-electron chi connectivity index (χ0n) is 13.1. The van der Waals surface area contributed by atoms with E-state index in [1.165, 1.54) is 11.3 Å². The number of aromatic nitrogens is 1. The number of carbonyl (C=O) groups excluding carboxylic acids is 1. The summed E-state index contributed by atoms with van der Waals surface area (Å²) in [7, 11) is 0. The summed E-state index contributed by atoms with van der Waals surface area (Å²) in [6.45, 7) is 2.04. The van der Waals surface area contributed by atoms with Crippen LogP contribution in [0.3, 0.4) is 0 Å². The third-order valence-corrected chi connectivity index (χ3v) is 4.53. The highest BCUT2D eigenvalue weighted by Gasteiger charge is 2.15. The van der Waals surface area contributed by atoms with Crippen molar-refractivity contribution in [2.75, 3.05) is 5.32 Å². The van der Waals surface area contributed by atoms with Crippen LogP contribution in [0.2, 0.25) is 0 Å². The normalized spacial score (nSPS) is 10.2. The summed E-state index contributed by atoms with van der Waals surface area (Å²) in [6, 6.07) is 16.9. The summed E-state index contributed by atoms with van der Waals surface area (Å²) < 4.78 is 0. The Balaban J connectivity index is 1.82. The van der Waals surface area contributed by atoms with Crippen LogP contribution >= 0.6 is 11.3 Å². The molecule has 0 radical (unpaired) electrons. The van der Waals surface area contributed by atoms with Crippen molar-refractivity contribution in [3.8, 4) is 6.07 Å². The number of nitrogens with zero attached hydrogens (tertiary/aromatic N) is 2. The molecule has 0 saturated carbocycles. The average molecular weight is 333 g/mol. The van der Waals surface area contributed by atoms with Crippen LogP contribution in [0.4, 0.5) is 10.8 Å². The molecule has 0 aliphatic heterocycles. The minimum atomic E-state index is -0.0104. The molecule has 2 aromatic carbocycles. The number of anilines is 2. The highest BCUT2D eigenvalue weighted by atomic mass is 32.1. The Labute approximate surface area is 144 Å². The Hall–Kier alpha value is -2.97. The van der Waals surface area contributed by atoms with Crippen LogP contribution in [-0.2, 0) is 6.42 Å². The zero-order valence-corrected chi connectivity index (χ0v) is 13.9. The Morgan fingerprint density at radius 3 is 2.88 bits per heavy atom. The van der Waals surface area contributed by atoms with E-state index in [1.807, 2.05) is 37.3 Å². The highest BCUT2D eigenvalue weighted by Crippen LogP contribution is 2.26. The quantitative estimate of drug-likeness (QED) is 0.696. The van der Waals surface area contributed by atoms with E-state index in [0.717, 1.165) is 23.2 Å². The second-order valence-electron chi connectivity index (χ2n) is 5.19. The zero-order chi connectivity index (χ0) is 16.9. The maximum absolute atomic E-state index is 12.7. The molecule has 3 aromatic rings. The third kappa shape index (κ3) is 3.34. The lowest BCUT2D eigenvalue weighted by molar-refractivity contribution is 0.104. The summed E-state index contributed by atoms with van der Waals surface area (Å²) in [5, 5.41) is 12.7. The Morgan fingerprint density at radius 2 is 2.08 bits per heavy atom. The van der Waals surface area contributed by atoms with Gasteiger partial charge in [0.15, 0.2) is 5.13 Å².